The molecule has 1 fully saturated rings. The van der Waals surface area contributed by atoms with Crippen LogP contribution >= 0.6 is 0 Å². The maximum Gasteiger partial charge on any atom is 0.340 e. The van der Waals surface area contributed by atoms with E-state index < -0.39 is 16.9 Å². The standard InChI is InChI=1S/C15H34O3Si2/c1-6-16-19(4,5)14-20(17-7-2,18-8-3)15-12-10-9-11-13-15/h15H,6-14H2,1-5H3. The van der Waals surface area contributed by atoms with Gasteiger partial charge in [0.05, 0.1) is 0 Å². The van der Waals surface area contributed by atoms with Crippen LogP contribution in [0.3, 0.4) is 0 Å². The molecule has 1 rings (SSSR count). The molecular weight excluding hydrogens is 284 g/mol. The quantitative estimate of drug-likeness (QED) is 0.581. The van der Waals surface area contributed by atoms with Gasteiger partial charge in [-0.2, -0.15) is 0 Å². The molecule has 0 radical (unpaired) electrons. The van der Waals surface area contributed by atoms with Gasteiger partial charge in [0.25, 0.3) is 0 Å². The van der Waals surface area contributed by atoms with Crippen molar-refractivity contribution < 1.29 is 13.3 Å². The van der Waals surface area contributed by atoms with Crippen LogP contribution in [0.15, 0.2) is 0 Å². The first-order valence-corrected chi connectivity index (χ1v) is 13.6. The minimum atomic E-state index is -2.13. The van der Waals surface area contributed by atoms with Crippen molar-refractivity contribution in [1.29, 1.82) is 0 Å². The first-order valence-electron chi connectivity index (χ1n) is 8.41. The molecule has 0 atom stereocenters. The van der Waals surface area contributed by atoms with Crippen LogP contribution in [-0.4, -0.2) is 36.7 Å². The second kappa shape index (κ2) is 8.68. The second-order valence-corrected chi connectivity index (χ2v) is 14.6. The van der Waals surface area contributed by atoms with Gasteiger partial charge in [0.1, 0.15) is 0 Å². The van der Waals surface area contributed by atoms with Gasteiger partial charge in [0, 0.05) is 31.0 Å². The van der Waals surface area contributed by atoms with Crippen LogP contribution in [0, 0.1) is 0 Å². The monoisotopic (exact) mass is 318 g/mol. The molecule has 1 aliphatic carbocycles. The zero-order valence-electron chi connectivity index (χ0n) is 14.2. The highest BCUT2D eigenvalue weighted by atomic mass is 28.4. The summed E-state index contributed by atoms with van der Waals surface area (Å²) >= 11 is 0. The van der Waals surface area contributed by atoms with Crippen molar-refractivity contribution in [2.24, 2.45) is 0 Å². The van der Waals surface area contributed by atoms with Gasteiger partial charge in [-0.3, -0.25) is 0 Å². The van der Waals surface area contributed by atoms with E-state index in [-0.39, 0.29) is 0 Å². The lowest BCUT2D eigenvalue weighted by Crippen LogP contribution is -2.54. The van der Waals surface area contributed by atoms with Crippen molar-refractivity contribution in [3.8, 4) is 0 Å². The van der Waals surface area contributed by atoms with E-state index in [0.717, 1.165) is 25.5 Å². The van der Waals surface area contributed by atoms with Gasteiger partial charge in [0.15, 0.2) is 8.32 Å². The minimum absolute atomic E-state index is 0.670. The first-order chi connectivity index (χ1) is 9.49. The molecule has 1 saturated carbocycles. The molecule has 1 aliphatic rings. The molecule has 0 bridgehead atoms. The molecule has 20 heavy (non-hydrogen) atoms. The molecule has 0 aliphatic heterocycles. The Morgan fingerprint density at radius 3 is 1.75 bits per heavy atom. The maximum absolute atomic E-state index is 6.36. The van der Waals surface area contributed by atoms with Crippen molar-refractivity contribution in [3.63, 3.8) is 0 Å². The lowest BCUT2D eigenvalue weighted by atomic mass is 10.0. The molecule has 0 saturated heterocycles. The fraction of sp³-hybridized carbons (Fsp3) is 1.00. The Morgan fingerprint density at radius 2 is 1.30 bits per heavy atom. The highest BCUT2D eigenvalue weighted by Gasteiger charge is 2.50. The lowest BCUT2D eigenvalue weighted by molar-refractivity contribution is 0.166. The van der Waals surface area contributed by atoms with E-state index in [2.05, 4.69) is 33.9 Å². The van der Waals surface area contributed by atoms with Crippen LogP contribution in [0.25, 0.3) is 0 Å². The Labute approximate surface area is 127 Å². The molecule has 5 heteroatoms. The van der Waals surface area contributed by atoms with E-state index >= 15 is 0 Å². The Balaban J connectivity index is 2.90. The van der Waals surface area contributed by atoms with E-state index in [1.54, 1.807) is 0 Å². The summed E-state index contributed by atoms with van der Waals surface area (Å²) in [6.07, 6.45) is 6.66. The van der Waals surface area contributed by atoms with Crippen LogP contribution in [0.1, 0.15) is 52.9 Å². The Bertz CT molecular complexity index is 260. The number of hydrogen-bond donors (Lipinski definition) is 0. The van der Waals surface area contributed by atoms with E-state index in [1.165, 1.54) is 32.1 Å². The molecule has 120 valence electrons. The summed E-state index contributed by atoms with van der Waals surface area (Å²) in [5.41, 5.74) is 1.75. The van der Waals surface area contributed by atoms with E-state index in [0.29, 0.717) is 5.54 Å². The van der Waals surface area contributed by atoms with Gasteiger partial charge in [-0.05, 0) is 46.7 Å². The first kappa shape index (κ1) is 18.4. The molecule has 0 amide bonds. The van der Waals surface area contributed by atoms with Crippen molar-refractivity contribution >= 4 is 16.9 Å². The zero-order chi connectivity index (χ0) is 15.1. The van der Waals surface area contributed by atoms with Crippen LogP contribution in [0.4, 0.5) is 0 Å². The molecular formula is C15H34O3Si2. The van der Waals surface area contributed by atoms with Crippen molar-refractivity contribution in [1.82, 2.24) is 0 Å². The normalized spacial score (nSPS) is 18.4. The smallest absolute Gasteiger partial charge is 0.340 e. The molecule has 0 aromatic rings. The van der Waals surface area contributed by atoms with Gasteiger partial charge in [-0.15, -0.1) is 0 Å². The topological polar surface area (TPSA) is 27.7 Å². The lowest BCUT2D eigenvalue weighted by Gasteiger charge is -2.42. The average Bonchev–Trinajstić information content (AvgIpc) is 2.39. The van der Waals surface area contributed by atoms with E-state index in [4.69, 9.17) is 13.3 Å². The summed E-state index contributed by atoms with van der Waals surface area (Å²) in [4.78, 5) is 0. The fourth-order valence-electron chi connectivity index (χ4n) is 3.59. The fourth-order valence-corrected chi connectivity index (χ4v) is 14.3. The summed E-state index contributed by atoms with van der Waals surface area (Å²) in [5.74, 6) is 0. The number of hydrogen-bond acceptors (Lipinski definition) is 3. The third kappa shape index (κ3) is 5.26. The SMILES string of the molecule is CCO[Si](C)(C)C[Si](OCC)(OCC)C1CCCCC1. The molecule has 0 heterocycles. The van der Waals surface area contributed by atoms with Gasteiger partial charge < -0.3 is 13.3 Å². The molecule has 0 aromatic heterocycles. The maximum atomic E-state index is 6.36. The Morgan fingerprint density at radius 1 is 0.800 bits per heavy atom. The third-order valence-corrected chi connectivity index (χ3v) is 14.0. The van der Waals surface area contributed by atoms with Crippen molar-refractivity contribution in [2.75, 3.05) is 19.8 Å². The highest BCUT2D eigenvalue weighted by molar-refractivity contribution is 6.88. The van der Waals surface area contributed by atoms with Crippen molar-refractivity contribution in [3.05, 3.63) is 0 Å². The van der Waals surface area contributed by atoms with Crippen molar-refractivity contribution in [2.45, 2.75) is 77.2 Å². The Kier molecular flexibility index (Phi) is 7.97. The van der Waals surface area contributed by atoms with E-state index in [9.17, 15) is 0 Å². The second-order valence-electron chi connectivity index (χ2n) is 6.38. The molecule has 3 nitrogen and oxygen atoms in total. The summed E-state index contributed by atoms with van der Waals surface area (Å²) < 4.78 is 18.8. The largest absolute Gasteiger partial charge is 0.418 e. The summed E-state index contributed by atoms with van der Waals surface area (Å²) in [6, 6.07) is 0. The van der Waals surface area contributed by atoms with Gasteiger partial charge in [0.2, 0.25) is 0 Å². The van der Waals surface area contributed by atoms with Crippen LogP contribution < -0.4 is 0 Å². The molecule has 0 aromatic carbocycles. The third-order valence-electron chi connectivity index (χ3n) is 4.21. The number of rotatable bonds is 9. The van der Waals surface area contributed by atoms with Crippen LogP contribution in [0.5, 0.6) is 0 Å². The van der Waals surface area contributed by atoms with Crippen LogP contribution in [-0.2, 0) is 13.3 Å². The average molecular weight is 319 g/mol. The molecule has 0 N–H and O–H groups in total. The summed E-state index contributed by atoms with van der Waals surface area (Å²) in [5, 5.41) is 0. The molecule has 0 spiro atoms. The van der Waals surface area contributed by atoms with Gasteiger partial charge >= 0.3 is 8.56 Å². The predicted octanol–water partition coefficient (Wildman–Crippen LogP) is 4.62. The highest BCUT2D eigenvalue weighted by Crippen LogP contribution is 2.42. The predicted molar refractivity (Wildman–Crippen MR) is 89.8 cm³/mol. The minimum Gasteiger partial charge on any atom is -0.418 e. The van der Waals surface area contributed by atoms with Gasteiger partial charge in [-0.1, -0.05) is 19.3 Å². The molecule has 0 unspecified atom stereocenters. The zero-order valence-corrected chi connectivity index (χ0v) is 16.2. The van der Waals surface area contributed by atoms with E-state index in [1.807, 2.05) is 0 Å². The van der Waals surface area contributed by atoms with Gasteiger partial charge in [-0.25, -0.2) is 0 Å². The van der Waals surface area contributed by atoms with Crippen LogP contribution in [0.2, 0.25) is 24.3 Å². The Hall–Kier alpha value is 0.314. The summed E-state index contributed by atoms with van der Waals surface area (Å²) in [7, 11) is -3.82. The summed E-state index contributed by atoms with van der Waals surface area (Å²) in [6.45, 7) is 13.3.